The van der Waals surface area contributed by atoms with E-state index >= 15 is 0 Å². The number of nitrogens with zero attached hydrogens (tertiary/aromatic N) is 4. The van der Waals surface area contributed by atoms with Crippen LogP contribution in [0.4, 0.5) is 5.69 Å². The number of halogens is 1. The van der Waals surface area contributed by atoms with Crippen molar-refractivity contribution in [3.63, 3.8) is 0 Å². The van der Waals surface area contributed by atoms with Crippen molar-refractivity contribution < 1.29 is 9.53 Å². The zero-order chi connectivity index (χ0) is 14.5. The monoisotopic (exact) mass is 341 g/mol. The molecule has 2 rings (SSSR count). The summed E-state index contributed by atoms with van der Waals surface area (Å²) in [5, 5.41) is 11.0. The highest BCUT2D eigenvalue weighted by molar-refractivity contribution is 9.10. The molecular formula is C12H16BrN5O2. The Kier molecular flexibility index (Phi) is 4.91. The Morgan fingerprint density at radius 3 is 2.80 bits per heavy atom. The van der Waals surface area contributed by atoms with Crippen LogP contribution in [0, 0.1) is 5.92 Å². The maximum absolute atomic E-state index is 12.1. The van der Waals surface area contributed by atoms with Crippen molar-refractivity contribution in [3.05, 3.63) is 29.3 Å². The average molecular weight is 342 g/mol. The standard InChI is InChI=1S/C12H16BrN5O2/c1-9(5-17-6-10(13)3-14-17)12(19)16-11-4-15-18(7-11)8-20-2/h3-4,6-7,9H,5,8H2,1-2H3,(H,16,19). The topological polar surface area (TPSA) is 74.0 Å². The van der Waals surface area contributed by atoms with Crippen LogP contribution in [0.15, 0.2) is 29.3 Å². The molecule has 2 aromatic rings. The molecule has 0 saturated heterocycles. The molecule has 7 nitrogen and oxygen atoms in total. The summed E-state index contributed by atoms with van der Waals surface area (Å²) < 4.78 is 9.17. The van der Waals surface area contributed by atoms with Crippen LogP contribution in [0.1, 0.15) is 6.92 Å². The first-order chi connectivity index (χ1) is 9.58. The van der Waals surface area contributed by atoms with Crippen molar-refractivity contribution in [1.82, 2.24) is 19.6 Å². The highest BCUT2D eigenvalue weighted by Crippen LogP contribution is 2.11. The minimum Gasteiger partial charge on any atom is -0.362 e. The number of hydrogen-bond donors (Lipinski definition) is 1. The number of ether oxygens (including phenoxy) is 1. The molecule has 0 spiro atoms. The van der Waals surface area contributed by atoms with Gasteiger partial charge < -0.3 is 10.1 Å². The maximum atomic E-state index is 12.1. The van der Waals surface area contributed by atoms with Crippen molar-refractivity contribution in [2.45, 2.75) is 20.2 Å². The number of aromatic nitrogens is 4. The summed E-state index contributed by atoms with van der Waals surface area (Å²) in [5.74, 6) is -0.277. The van der Waals surface area contributed by atoms with Crippen molar-refractivity contribution in [3.8, 4) is 0 Å². The highest BCUT2D eigenvalue weighted by atomic mass is 79.9. The zero-order valence-corrected chi connectivity index (χ0v) is 12.9. The van der Waals surface area contributed by atoms with E-state index < -0.39 is 0 Å². The Morgan fingerprint density at radius 1 is 1.40 bits per heavy atom. The van der Waals surface area contributed by atoms with E-state index in [9.17, 15) is 4.79 Å². The summed E-state index contributed by atoms with van der Waals surface area (Å²) in [6, 6.07) is 0. The van der Waals surface area contributed by atoms with Crippen molar-refractivity contribution in [2.75, 3.05) is 12.4 Å². The van der Waals surface area contributed by atoms with Crippen LogP contribution in [0.2, 0.25) is 0 Å². The lowest BCUT2D eigenvalue weighted by atomic mass is 10.1. The Labute approximate surface area is 125 Å². The third-order valence-electron chi connectivity index (χ3n) is 2.67. The minimum atomic E-state index is -0.201. The van der Waals surface area contributed by atoms with E-state index in [1.807, 2.05) is 13.1 Å². The van der Waals surface area contributed by atoms with Crippen LogP contribution in [-0.4, -0.2) is 32.6 Å². The fourth-order valence-corrected chi connectivity index (χ4v) is 2.03. The second-order valence-corrected chi connectivity index (χ2v) is 5.37. The Balaban J connectivity index is 1.89. The molecule has 108 valence electrons. The first kappa shape index (κ1) is 14.7. The second-order valence-electron chi connectivity index (χ2n) is 4.46. The van der Waals surface area contributed by atoms with Gasteiger partial charge in [0.2, 0.25) is 5.91 Å². The summed E-state index contributed by atoms with van der Waals surface area (Å²) in [7, 11) is 1.59. The molecule has 2 heterocycles. The van der Waals surface area contributed by atoms with Crippen LogP contribution in [0.3, 0.4) is 0 Å². The quantitative estimate of drug-likeness (QED) is 0.868. The summed E-state index contributed by atoms with van der Waals surface area (Å²) in [6.07, 6.45) is 6.84. The van der Waals surface area contributed by atoms with E-state index in [-0.39, 0.29) is 11.8 Å². The molecule has 1 N–H and O–H groups in total. The van der Waals surface area contributed by atoms with Crippen molar-refractivity contribution >= 4 is 27.5 Å². The van der Waals surface area contributed by atoms with Gasteiger partial charge in [0, 0.05) is 13.3 Å². The highest BCUT2D eigenvalue weighted by Gasteiger charge is 2.15. The van der Waals surface area contributed by atoms with Crippen LogP contribution < -0.4 is 5.32 Å². The van der Waals surface area contributed by atoms with Gasteiger partial charge in [-0.15, -0.1) is 0 Å². The van der Waals surface area contributed by atoms with E-state index in [1.54, 1.807) is 35.1 Å². The molecule has 1 amide bonds. The van der Waals surface area contributed by atoms with E-state index in [1.165, 1.54) is 0 Å². The summed E-state index contributed by atoms with van der Waals surface area (Å²) in [5.41, 5.74) is 0.653. The zero-order valence-electron chi connectivity index (χ0n) is 11.3. The van der Waals surface area contributed by atoms with Crippen LogP contribution >= 0.6 is 15.9 Å². The summed E-state index contributed by atoms with van der Waals surface area (Å²) >= 11 is 3.32. The molecular weight excluding hydrogens is 326 g/mol. The third-order valence-corrected chi connectivity index (χ3v) is 3.08. The summed E-state index contributed by atoms with van der Waals surface area (Å²) in [6.45, 7) is 2.72. The predicted molar refractivity (Wildman–Crippen MR) is 77.0 cm³/mol. The maximum Gasteiger partial charge on any atom is 0.229 e. The molecule has 0 bridgehead atoms. The molecule has 1 atom stereocenters. The summed E-state index contributed by atoms with van der Waals surface area (Å²) in [4.78, 5) is 12.1. The molecule has 0 radical (unpaired) electrons. The number of amides is 1. The lowest BCUT2D eigenvalue weighted by molar-refractivity contribution is -0.119. The average Bonchev–Trinajstić information content (AvgIpc) is 2.99. The van der Waals surface area contributed by atoms with Crippen LogP contribution in [0.5, 0.6) is 0 Å². The lowest BCUT2D eigenvalue weighted by Crippen LogP contribution is -2.24. The number of anilines is 1. The number of carbonyl (C=O) groups excluding carboxylic acids is 1. The number of methoxy groups -OCH3 is 1. The fraction of sp³-hybridized carbons (Fsp3) is 0.417. The molecule has 0 fully saturated rings. The Morgan fingerprint density at radius 2 is 2.15 bits per heavy atom. The van der Waals surface area contributed by atoms with Gasteiger partial charge >= 0.3 is 0 Å². The lowest BCUT2D eigenvalue weighted by Gasteiger charge is -2.11. The van der Waals surface area contributed by atoms with Gasteiger partial charge in [0.05, 0.1) is 41.2 Å². The Bertz CT molecular complexity index is 580. The van der Waals surface area contributed by atoms with Gasteiger partial charge in [-0.2, -0.15) is 10.2 Å². The van der Waals surface area contributed by atoms with Gasteiger partial charge in [-0.3, -0.25) is 9.48 Å². The van der Waals surface area contributed by atoms with Gasteiger partial charge in [-0.1, -0.05) is 6.92 Å². The first-order valence-corrected chi connectivity index (χ1v) is 6.88. The van der Waals surface area contributed by atoms with Gasteiger partial charge in [-0.25, -0.2) is 4.68 Å². The predicted octanol–water partition coefficient (Wildman–Crippen LogP) is 1.72. The molecule has 8 heteroatoms. The normalized spacial score (nSPS) is 12.3. The van der Waals surface area contributed by atoms with Crippen LogP contribution in [0.25, 0.3) is 0 Å². The van der Waals surface area contributed by atoms with E-state index in [4.69, 9.17) is 4.74 Å². The van der Waals surface area contributed by atoms with E-state index in [0.29, 0.717) is 19.0 Å². The molecule has 0 aliphatic carbocycles. The van der Waals surface area contributed by atoms with Gasteiger partial charge in [0.1, 0.15) is 6.73 Å². The first-order valence-electron chi connectivity index (χ1n) is 6.08. The number of rotatable bonds is 6. The van der Waals surface area contributed by atoms with Gasteiger partial charge in [-0.05, 0) is 15.9 Å². The molecule has 1 unspecified atom stereocenters. The molecule has 20 heavy (non-hydrogen) atoms. The number of hydrogen-bond acceptors (Lipinski definition) is 4. The van der Waals surface area contributed by atoms with Crippen molar-refractivity contribution in [2.24, 2.45) is 5.92 Å². The SMILES string of the molecule is COCn1cc(NC(=O)C(C)Cn2cc(Br)cn2)cn1. The molecule has 0 aromatic carbocycles. The smallest absolute Gasteiger partial charge is 0.229 e. The van der Waals surface area contributed by atoms with E-state index in [0.717, 1.165) is 4.47 Å². The molecule has 0 aliphatic heterocycles. The molecule has 2 aromatic heterocycles. The number of nitrogens with one attached hydrogen (secondary N) is 1. The molecule has 0 aliphatic rings. The van der Waals surface area contributed by atoms with Gasteiger partial charge in [0.15, 0.2) is 0 Å². The van der Waals surface area contributed by atoms with Crippen molar-refractivity contribution in [1.29, 1.82) is 0 Å². The van der Waals surface area contributed by atoms with Crippen LogP contribution in [-0.2, 0) is 22.8 Å². The van der Waals surface area contributed by atoms with E-state index in [2.05, 4.69) is 31.4 Å². The Hall–Kier alpha value is -1.67. The van der Waals surface area contributed by atoms with Gasteiger partial charge in [0.25, 0.3) is 0 Å². The third kappa shape index (κ3) is 3.91. The fourth-order valence-electron chi connectivity index (χ4n) is 1.70. The minimum absolute atomic E-state index is 0.0754. The second kappa shape index (κ2) is 6.67. The molecule has 0 saturated carbocycles. The largest absolute Gasteiger partial charge is 0.362 e. The number of carbonyl (C=O) groups is 1.